The highest BCUT2D eigenvalue weighted by molar-refractivity contribution is 5.52. The van der Waals surface area contributed by atoms with Crippen LogP contribution in [0.25, 0.3) is 0 Å². The quantitative estimate of drug-likeness (QED) is 0.739. The maximum absolute atomic E-state index is 4.60. The van der Waals surface area contributed by atoms with Gasteiger partial charge < -0.3 is 0 Å². The summed E-state index contributed by atoms with van der Waals surface area (Å²) in [7, 11) is 0. The third-order valence-corrected chi connectivity index (χ3v) is 3.35. The van der Waals surface area contributed by atoms with Crippen molar-refractivity contribution in [3.05, 3.63) is 65.2 Å². The Bertz CT molecular complexity index is 502. The second-order valence-electron chi connectivity index (χ2n) is 4.56. The lowest BCUT2D eigenvalue weighted by Crippen LogP contribution is -2.12. The van der Waals surface area contributed by atoms with Crippen LogP contribution in [0, 0.1) is 0 Å². The lowest BCUT2D eigenvalue weighted by molar-refractivity contribution is 0.699. The topological polar surface area (TPSA) is 14.1 Å². The maximum Gasteiger partial charge on any atom is 0.0609 e. The lowest BCUT2D eigenvalue weighted by Gasteiger charge is -2.19. The van der Waals surface area contributed by atoms with E-state index in [9.17, 15) is 0 Å². The Morgan fingerprint density at radius 2 is 1.82 bits per heavy atom. The van der Waals surface area contributed by atoms with E-state index in [2.05, 4.69) is 53.8 Å². The molecule has 2 aromatic carbocycles. The summed E-state index contributed by atoms with van der Waals surface area (Å²) in [5, 5.41) is 4.60. The predicted octanol–water partition coefficient (Wildman–Crippen LogP) is 3.46. The summed E-state index contributed by atoms with van der Waals surface area (Å²) < 4.78 is 0. The Morgan fingerprint density at radius 1 is 0.941 bits per heavy atom. The van der Waals surface area contributed by atoms with Crippen LogP contribution in [-0.2, 0) is 12.8 Å². The average Bonchev–Trinajstić information content (AvgIpc) is 2.40. The molecule has 1 nitrogen and oxygen atoms in total. The molecule has 0 amide bonds. The van der Waals surface area contributed by atoms with Crippen LogP contribution in [0.3, 0.4) is 0 Å². The first-order valence-electron chi connectivity index (χ1n) is 6.26. The van der Waals surface area contributed by atoms with Gasteiger partial charge in [-0.05, 0) is 42.0 Å². The van der Waals surface area contributed by atoms with Crippen molar-refractivity contribution in [2.45, 2.75) is 19.3 Å². The zero-order valence-corrected chi connectivity index (χ0v) is 9.89. The molecule has 0 saturated heterocycles. The van der Waals surface area contributed by atoms with Crippen LogP contribution < -0.4 is 5.32 Å². The molecule has 1 heteroatoms. The Hall–Kier alpha value is -1.76. The molecule has 1 aliphatic rings. The van der Waals surface area contributed by atoms with Gasteiger partial charge in [-0.1, -0.05) is 42.5 Å². The normalized spacial score (nSPS) is 13.9. The van der Waals surface area contributed by atoms with E-state index in [4.69, 9.17) is 0 Å². The van der Waals surface area contributed by atoms with Gasteiger partial charge >= 0.3 is 0 Å². The van der Waals surface area contributed by atoms with Gasteiger partial charge in [-0.15, -0.1) is 0 Å². The molecule has 0 unspecified atom stereocenters. The highest BCUT2D eigenvalue weighted by atomic mass is 14.9. The minimum absolute atomic E-state index is 0.988. The Labute approximate surface area is 102 Å². The van der Waals surface area contributed by atoms with E-state index < -0.39 is 0 Å². The Kier molecular flexibility index (Phi) is 2.83. The van der Waals surface area contributed by atoms with E-state index in [0.29, 0.717) is 0 Å². The summed E-state index contributed by atoms with van der Waals surface area (Å²) in [5.74, 6) is 0. The zero-order valence-electron chi connectivity index (χ0n) is 9.89. The first-order chi connectivity index (χ1) is 8.43. The van der Waals surface area contributed by atoms with Crippen molar-refractivity contribution in [1.82, 2.24) is 5.32 Å². The van der Waals surface area contributed by atoms with Gasteiger partial charge in [-0.3, -0.25) is 5.32 Å². The number of benzene rings is 2. The summed E-state index contributed by atoms with van der Waals surface area (Å²) in [5.41, 5.74) is 5.50. The van der Waals surface area contributed by atoms with Crippen LogP contribution in [0.15, 0.2) is 48.5 Å². The van der Waals surface area contributed by atoms with Crippen LogP contribution in [0.5, 0.6) is 0 Å². The van der Waals surface area contributed by atoms with Crippen LogP contribution in [0.2, 0.25) is 0 Å². The molecule has 0 saturated carbocycles. The molecule has 2 aromatic rings. The summed E-state index contributed by atoms with van der Waals surface area (Å²) in [6, 6.07) is 17.2. The number of fused-ring (bicyclic) bond motifs is 1. The van der Waals surface area contributed by atoms with Crippen molar-refractivity contribution in [3.8, 4) is 0 Å². The molecule has 0 aromatic heterocycles. The predicted molar refractivity (Wildman–Crippen MR) is 70.7 cm³/mol. The van der Waals surface area contributed by atoms with E-state index in [1.54, 1.807) is 0 Å². The van der Waals surface area contributed by atoms with Crippen LogP contribution >= 0.6 is 0 Å². The molecule has 0 N–H and O–H groups in total. The van der Waals surface area contributed by atoms with Crippen molar-refractivity contribution >= 4 is 5.69 Å². The van der Waals surface area contributed by atoms with E-state index >= 15 is 0 Å². The zero-order chi connectivity index (χ0) is 11.5. The average molecular weight is 222 g/mol. The van der Waals surface area contributed by atoms with Crippen molar-refractivity contribution in [3.63, 3.8) is 0 Å². The molecular weight excluding hydrogens is 206 g/mol. The van der Waals surface area contributed by atoms with E-state index in [0.717, 1.165) is 13.0 Å². The molecule has 1 radical (unpaired) electrons. The van der Waals surface area contributed by atoms with E-state index in [1.807, 2.05) is 0 Å². The van der Waals surface area contributed by atoms with Crippen molar-refractivity contribution < 1.29 is 0 Å². The van der Waals surface area contributed by atoms with E-state index in [-0.39, 0.29) is 0 Å². The van der Waals surface area contributed by atoms with Gasteiger partial charge in [0.05, 0.1) is 5.69 Å². The van der Waals surface area contributed by atoms with Gasteiger partial charge in [0.1, 0.15) is 0 Å². The molecule has 17 heavy (non-hydrogen) atoms. The number of hydrogen-bond donors (Lipinski definition) is 0. The van der Waals surface area contributed by atoms with Crippen molar-refractivity contribution in [2.24, 2.45) is 0 Å². The minimum Gasteiger partial charge on any atom is -0.285 e. The maximum atomic E-state index is 4.60. The monoisotopic (exact) mass is 222 g/mol. The van der Waals surface area contributed by atoms with Gasteiger partial charge in [0.25, 0.3) is 0 Å². The molecule has 1 heterocycles. The minimum atomic E-state index is 0.988. The van der Waals surface area contributed by atoms with Gasteiger partial charge in [0, 0.05) is 6.54 Å². The third kappa shape index (κ3) is 2.19. The van der Waals surface area contributed by atoms with Crippen LogP contribution in [0.4, 0.5) is 5.69 Å². The first-order valence-corrected chi connectivity index (χ1v) is 6.26. The van der Waals surface area contributed by atoms with Gasteiger partial charge in [-0.2, -0.15) is 0 Å². The van der Waals surface area contributed by atoms with Gasteiger partial charge in [-0.25, -0.2) is 0 Å². The Morgan fingerprint density at radius 3 is 2.71 bits per heavy atom. The van der Waals surface area contributed by atoms with Crippen molar-refractivity contribution in [2.75, 3.05) is 6.54 Å². The fraction of sp³-hybridized carbons (Fsp3) is 0.250. The second-order valence-corrected chi connectivity index (χ2v) is 4.56. The fourth-order valence-electron chi connectivity index (χ4n) is 2.49. The summed E-state index contributed by atoms with van der Waals surface area (Å²) in [6.07, 6.45) is 3.40. The lowest BCUT2D eigenvalue weighted by atomic mass is 9.93. The largest absolute Gasteiger partial charge is 0.285 e. The second kappa shape index (κ2) is 4.62. The number of nitrogens with zero attached hydrogens (tertiary/aromatic N) is 1. The van der Waals surface area contributed by atoms with Gasteiger partial charge in [0.15, 0.2) is 0 Å². The molecule has 0 atom stereocenters. The SMILES string of the molecule is c1ccc(Cc2cccc3c2CCC[N]3)cc1. The van der Waals surface area contributed by atoms with Crippen LogP contribution in [0.1, 0.15) is 23.1 Å². The van der Waals surface area contributed by atoms with Crippen molar-refractivity contribution in [1.29, 1.82) is 0 Å². The summed E-state index contributed by atoms with van der Waals surface area (Å²) in [4.78, 5) is 0. The molecule has 3 rings (SSSR count). The van der Waals surface area contributed by atoms with E-state index in [1.165, 1.54) is 35.2 Å². The molecule has 1 aliphatic heterocycles. The molecule has 0 bridgehead atoms. The molecule has 0 spiro atoms. The number of rotatable bonds is 2. The summed E-state index contributed by atoms with van der Waals surface area (Å²) >= 11 is 0. The Balaban J connectivity index is 1.93. The van der Waals surface area contributed by atoms with Gasteiger partial charge in [0.2, 0.25) is 0 Å². The molecule has 85 valence electrons. The molecule has 0 fully saturated rings. The fourth-order valence-corrected chi connectivity index (χ4v) is 2.49. The third-order valence-electron chi connectivity index (χ3n) is 3.35. The summed E-state index contributed by atoms with van der Waals surface area (Å²) in [6.45, 7) is 0.988. The first kappa shape index (κ1) is 10.4. The van der Waals surface area contributed by atoms with Crippen LogP contribution in [-0.4, -0.2) is 6.54 Å². The smallest absolute Gasteiger partial charge is 0.0609 e. The standard InChI is InChI=1S/C16H16N/c1-2-6-13(7-3-1)12-14-8-4-10-16-15(14)9-5-11-17-16/h1-4,6-8,10H,5,9,11-12H2. The molecular formula is C16H16N. The highest BCUT2D eigenvalue weighted by Gasteiger charge is 2.13. The number of hydrogen-bond acceptors (Lipinski definition) is 0. The highest BCUT2D eigenvalue weighted by Crippen LogP contribution is 2.27. The molecule has 0 aliphatic carbocycles.